The summed E-state index contributed by atoms with van der Waals surface area (Å²) < 4.78 is 17.6. The lowest BCUT2D eigenvalue weighted by molar-refractivity contribution is 0.0600. The molecule has 1 heterocycles. The van der Waals surface area contributed by atoms with Gasteiger partial charge in [0.25, 0.3) is 0 Å². The molecule has 1 aliphatic carbocycles. The van der Waals surface area contributed by atoms with Crippen LogP contribution in [0, 0.1) is 5.92 Å². The van der Waals surface area contributed by atoms with E-state index in [0.29, 0.717) is 22.0 Å². The molecule has 8 heteroatoms. The number of hydrogen-bond acceptors (Lipinski definition) is 5. The number of methoxy groups -OCH3 is 1. The van der Waals surface area contributed by atoms with Gasteiger partial charge in [-0.3, -0.25) is 4.39 Å². The van der Waals surface area contributed by atoms with Gasteiger partial charge < -0.3 is 14.5 Å². The Labute approximate surface area is 250 Å². The molecule has 5 rings (SSSR count). The lowest BCUT2D eigenvalue weighted by atomic mass is 9.85. The van der Waals surface area contributed by atoms with E-state index < -0.39 is 0 Å². The summed E-state index contributed by atoms with van der Waals surface area (Å²) in [7, 11) is 2.96. The molecule has 0 amide bonds. The summed E-state index contributed by atoms with van der Waals surface area (Å²) in [6, 6.07) is 19.8. The van der Waals surface area contributed by atoms with E-state index >= 15 is 0 Å². The third-order valence-electron chi connectivity index (χ3n) is 7.84. The van der Waals surface area contributed by atoms with Gasteiger partial charge in [-0.1, -0.05) is 64.8 Å². The Morgan fingerprint density at radius 2 is 1.71 bits per heavy atom. The molecular formula is C33H33Cl2FN2O3. The maximum Gasteiger partial charge on any atom is 0.337 e. The number of carbonyl (C=O) groups is 1. The minimum absolute atomic E-state index is 0.235. The number of alkyl halides is 1. The molecule has 214 valence electrons. The van der Waals surface area contributed by atoms with Gasteiger partial charge >= 0.3 is 5.97 Å². The third-order valence-corrected chi connectivity index (χ3v) is 8.39. The summed E-state index contributed by atoms with van der Waals surface area (Å²) in [4.78, 5) is 19.8. The maximum atomic E-state index is 12.6. The van der Waals surface area contributed by atoms with Crippen molar-refractivity contribution in [3.8, 4) is 0 Å². The number of rotatable bonds is 9. The van der Waals surface area contributed by atoms with E-state index in [0.717, 1.165) is 83.6 Å². The van der Waals surface area contributed by atoms with Crippen molar-refractivity contribution in [2.75, 3.05) is 40.5 Å². The molecule has 0 aromatic heterocycles. The van der Waals surface area contributed by atoms with Gasteiger partial charge in [0, 0.05) is 35.6 Å². The molecule has 41 heavy (non-hydrogen) atoms. The van der Waals surface area contributed by atoms with E-state index in [1.807, 2.05) is 30.3 Å². The molecule has 1 fully saturated rings. The Balaban J connectivity index is 1.57. The molecule has 0 unspecified atom stereocenters. The van der Waals surface area contributed by atoms with Gasteiger partial charge in [-0.05, 0) is 88.9 Å². The molecule has 5 nitrogen and oxygen atoms in total. The van der Waals surface area contributed by atoms with Gasteiger partial charge in [0.05, 0.1) is 25.1 Å². The molecule has 3 aromatic carbocycles. The topological polar surface area (TPSA) is 51.1 Å². The summed E-state index contributed by atoms with van der Waals surface area (Å²) in [6.45, 7) is 2.13. The van der Waals surface area contributed by atoms with Gasteiger partial charge in [0.15, 0.2) is 0 Å². The molecule has 0 radical (unpaired) electrons. The van der Waals surface area contributed by atoms with Crippen LogP contribution in [0.5, 0.6) is 0 Å². The van der Waals surface area contributed by atoms with Crippen LogP contribution >= 0.6 is 23.2 Å². The number of carbonyl (C=O) groups excluding carboxylic acids is 1. The fraction of sp³-hybridized carbons (Fsp3) is 0.333. The van der Waals surface area contributed by atoms with Gasteiger partial charge in [0.2, 0.25) is 0 Å². The molecule has 2 aliphatic rings. The lowest BCUT2D eigenvalue weighted by Crippen LogP contribution is -2.50. The molecule has 0 spiro atoms. The highest BCUT2D eigenvalue weighted by atomic mass is 35.5. The highest BCUT2D eigenvalue weighted by molar-refractivity contribution is 6.36. The summed E-state index contributed by atoms with van der Waals surface area (Å²) in [5.41, 5.74) is 8.79. The van der Waals surface area contributed by atoms with Crippen LogP contribution in [0.15, 0.2) is 65.8 Å². The van der Waals surface area contributed by atoms with Crippen LogP contribution in [-0.2, 0) is 16.0 Å². The molecule has 0 N–H and O–H groups in total. The van der Waals surface area contributed by atoms with Crippen LogP contribution in [0.25, 0.3) is 11.1 Å². The van der Waals surface area contributed by atoms with Gasteiger partial charge in [-0.2, -0.15) is 0 Å². The lowest BCUT2D eigenvalue weighted by Gasteiger charge is -2.39. The van der Waals surface area contributed by atoms with E-state index in [1.54, 1.807) is 13.2 Å². The number of halogens is 3. The number of ether oxygens (including phenoxy) is 1. The van der Waals surface area contributed by atoms with Crippen LogP contribution in [0.1, 0.15) is 57.4 Å². The zero-order valence-corrected chi connectivity index (χ0v) is 24.8. The number of allylic oxidation sites excluding steroid dienone is 1. The Bertz CT molecular complexity index is 1480. The SMILES string of the molecule is CO/N=C(\c1ccc(C2=C(c3ccc(Cl)cc3Cl)CCCc3cc(C(=O)OC)ccc32)cc1)C1CN(CCCF)C1. The van der Waals surface area contributed by atoms with Crippen molar-refractivity contribution >= 4 is 46.0 Å². The van der Waals surface area contributed by atoms with Crippen LogP contribution in [0.3, 0.4) is 0 Å². The van der Waals surface area contributed by atoms with Crippen molar-refractivity contribution in [1.82, 2.24) is 4.90 Å². The molecular weight excluding hydrogens is 562 g/mol. The van der Waals surface area contributed by atoms with Crippen molar-refractivity contribution in [2.24, 2.45) is 11.1 Å². The van der Waals surface area contributed by atoms with Gasteiger partial charge in [0.1, 0.15) is 7.11 Å². The first-order valence-electron chi connectivity index (χ1n) is 13.8. The molecule has 3 aromatic rings. The maximum absolute atomic E-state index is 12.6. The number of nitrogens with zero attached hydrogens (tertiary/aromatic N) is 2. The van der Waals surface area contributed by atoms with Crippen LogP contribution in [-0.4, -0.2) is 57.1 Å². The normalized spacial score (nSPS) is 16.2. The quantitative estimate of drug-likeness (QED) is 0.144. The van der Waals surface area contributed by atoms with Crippen molar-refractivity contribution in [1.29, 1.82) is 0 Å². The highest BCUT2D eigenvalue weighted by Crippen LogP contribution is 2.42. The number of oxime groups is 1. The Morgan fingerprint density at radius 3 is 2.39 bits per heavy atom. The Kier molecular flexibility index (Phi) is 9.43. The first-order chi connectivity index (χ1) is 19.9. The van der Waals surface area contributed by atoms with Crippen molar-refractivity contribution in [3.63, 3.8) is 0 Å². The summed E-state index contributed by atoms with van der Waals surface area (Å²) in [5, 5.41) is 5.56. The minimum atomic E-state index is -0.350. The second-order valence-corrected chi connectivity index (χ2v) is 11.3. The minimum Gasteiger partial charge on any atom is -0.465 e. The molecule has 0 atom stereocenters. The van der Waals surface area contributed by atoms with Crippen LogP contribution in [0.2, 0.25) is 10.0 Å². The van der Waals surface area contributed by atoms with E-state index in [2.05, 4.69) is 34.3 Å². The third kappa shape index (κ3) is 6.35. The predicted octanol–water partition coefficient (Wildman–Crippen LogP) is 7.72. The smallest absolute Gasteiger partial charge is 0.337 e. The molecule has 1 saturated heterocycles. The highest BCUT2D eigenvalue weighted by Gasteiger charge is 2.32. The molecule has 1 aliphatic heterocycles. The number of esters is 1. The summed E-state index contributed by atoms with van der Waals surface area (Å²) >= 11 is 13.0. The fourth-order valence-electron chi connectivity index (χ4n) is 5.84. The van der Waals surface area contributed by atoms with Crippen molar-refractivity contribution < 1.29 is 18.8 Å². The summed E-state index contributed by atoms with van der Waals surface area (Å²) in [5.74, 6) is -0.115. The second kappa shape index (κ2) is 13.2. The molecule has 0 bridgehead atoms. The Morgan fingerprint density at radius 1 is 0.976 bits per heavy atom. The number of benzene rings is 3. The monoisotopic (exact) mass is 594 g/mol. The van der Waals surface area contributed by atoms with Gasteiger partial charge in [-0.15, -0.1) is 0 Å². The number of aryl methyl sites for hydroxylation is 1. The van der Waals surface area contributed by atoms with E-state index in [1.165, 1.54) is 7.11 Å². The average Bonchev–Trinajstić information content (AvgIpc) is 3.14. The zero-order valence-electron chi connectivity index (χ0n) is 23.3. The van der Waals surface area contributed by atoms with Crippen molar-refractivity contribution in [3.05, 3.63) is 104 Å². The first kappa shape index (κ1) is 29.3. The predicted molar refractivity (Wildman–Crippen MR) is 164 cm³/mol. The van der Waals surface area contributed by atoms with E-state index in [4.69, 9.17) is 32.8 Å². The molecule has 0 saturated carbocycles. The standard InChI is InChI=1S/C33H33Cl2FN2O3/c1-40-33(39)24-11-13-27-23(17-24)5-3-6-29(28-14-12-26(34)18-30(28)35)31(27)21-7-9-22(10-8-21)32(37-41-2)25-19-38(20-25)16-4-15-36/h7-14,17-18,25H,3-6,15-16,19-20H2,1-2H3/b37-32+. The number of fused-ring (bicyclic) bond motifs is 1. The van der Waals surface area contributed by atoms with E-state index in [-0.39, 0.29) is 18.6 Å². The van der Waals surface area contributed by atoms with Gasteiger partial charge in [-0.25, -0.2) is 4.79 Å². The largest absolute Gasteiger partial charge is 0.465 e. The number of hydrogen-bond donors (Lipinski definition) is 0. The van der Waals surface area contributed by atoms with E-state index in [9.17, 15) is 9.18 Å². The number of likely N-dealkylation sites (tertiary alicyclic amines) is 1. The zero-order chi connectivity index (χ0) is 28.9. The van der Waals surface area contributed by atoms with Crippen LogP contribution < -0.4 is 0 Å². The first-order valence-corrected chi connectivity index (χ1v) is 14.6. The second-order valence-electron chi connectivity index (χ2n) is 10.4. The van der Waals surface area contributed by atoms with Crippen molar-refractivity contribution in [2.45, 2.75) is 25.7 Å². The fourth-order valence-corrected chi connectivity index (χ4v) is 6.37. The average molecular weight is 596 g/mol. The summed E-state index contributed by atoms with van der Waals surface area (Å²) in [6.07, 6.45) is 3.09. The van der Waals surface area contributed by atoms with Crippen LogP contribution in [0.4, 0.5) is 4.39 Å². The Hall–Kier alpha value is -3.19.